The van der Waals surface area contributed by atoms with Crippen LogP contribution in [0.4, 0.5) is 0 Å². The van der Waals surface area contributed by atoms with E-state index in [1.807, 2.05) is 0 Å². The van der Waals surface area contributed by atoms with Gasteiger partial charge in [0.1, 0.15) is 0 Å². The highest BCUT2D eigenvalue weighted by Crippen LogP contribution is 2.34. The van der Waals surface area contributed by atoms with Crippen LogP contribution in [0.3, 0.4) is 0 Å². The first-order chi connectivity index (χ1) is 7.33. The Hall–Kier alpha value is -2.24. The fourth-order valence-electron chi connectivity index (χ4n) is 1.38. The van der Waals surface area contributed by atoms with Gasteiger partial charge in [0.25, 0.3) is 0 Å². The molecule has 1 aliphatic heterocycles. The quantitative estimate of drug-likeness (QED) is 0.745. The van der Waals surface area contributed by atoms with Crippen molar-refractivity contribution in [2.24, 2.45) is 0 Å². The molecule has 1 aliphatic rings. The van der Waals surface area contributed by atoms with Crippen LogP contribution in [-0.4, -0.2) is 17.0 Å². The number of nitrogens with one attached hydrogen (secondary N) is 1. The predicted molar refractivity (Wildman–Crippen MR) is 48.7 cm³/mol. The van der Waals surface area contributed by atoms with Gasteiger partial charge < -0.3 is 13.9 Å². The lowest BCUT2D eigenvalue weighted by atomic mass is 10.2. The second kappa shape index (κ2) is 2.88. The third-order valence-electron chi connectivity index (χ3n) is 2.06. The van der Waals surface area contributed by atoms with Gasteiger partial charge in [-0.15, -0.1) is 5.10 Å². The second-order valence-corrected chi connectivity index (χ2v) is 2.99. The van der Waals surface area contributed by atoms with Crippen molar-refractivity contribution in [1.82, 2.24) is 10.2 Å². The topological polar surface area (TPSA) is 77.4 Å². The molecule has 0 bridgehead atoms. The van der Waals surface area contributed by atoms with Crippen LogP contribution in [-0.2, 0) is 0 Å². The van der Waals surface area contributed by atoms with Crippen molar-refractivity contribution in [3.05, 3.63) is 28.7 Å². The van der Waals surface area contributed by atoms with Crippen molar-refractivity contribution < 1.29 is 13.9 Å². The van der Waals surface area contributed by atoms with E-state index in [4.69, 9.17) is 13.9 Å². The van der Waals surface area contributed by atoms with Gasteiger partial charge in [0.05, 0.1) is 0 Å². The Morgan fingerprint density at radius 1 is 1.27 bits per heavy atom. The number of nitrogens with zero attached hydrogens (tertiary/aromatic N) is 1. The normalized spacial score (nSPS) is 13.1. The molecule has 6 nitrogen and oxygen atoms in total. The summed E-state index contributed by atoms with van der Waals surface area (Å²) < 4.78 is 15.1. The maximum Gasteiger partial charge on any atom is 0.434 e. The fourth-order valence-corrected chi connectivity index (χ4v) is 1.38. The molecule has 0 fully saturated rings. The molecule has 1 aromatic carbocycles. The van der Waals surface area contributed by atoms with Gasteiger partial charge in [0.2, 0.25) is 12.7 Å². The first kappa shape index (κ1) is 8.10. The smallest absolute Gasteiger partial charge is 0.434 e. The molecular formula is C9H6N2O4. The Morgan fingerprint density at radius 3 is 2.93 bits per heavy atom. The van der Waals surface area contributed by atoms with Gasteiger partial charge in [-0.05, 0) is 18.2 Å². The monoisotopic (exact) mass is 206 g/mol. The molecule has 15 heavy (non-hydrogen) atoms. The average molecular weight is 206 g/mol. The molecule has 2 heterocycles. The van der Waals surface area contributed by atoms with Gasteiger partial charge in [-0.3, -0.25) is 0 Å². The highest BCUT2D eigenvalue weighted by atomic mass is 16.7. The Morgan fingerprint density at radius 2 is 2.13 bits per heavy atom. The lowest BCUT2D eigenvalue weighted by Crippen LogP contribution is -1.93. The van der Waals surface area contributed by atoms with Gasteiger partial charge in [0.15, 0.2) is 11.5 Å². The molecule has 0 amide bonds. The number of benzene rings is 1. The highest BCUT2D eigenvalue weighted by molar-refractivity contribution is 5.59. The summed E-state index contributed by atoms with van der Waals surface area (Å²) in [6.07, 6.45) is 0. The van der Waals surface area contributed by atoms with Crippen LogP contribution in [0.15, 0.2) is 27.4 Å². The number of hydrogen-bond acceptors (Lipinski definition) is 5. The number of ether oxygens (including phenoxy) is 2. The minimum atomic E-state index is -0.581. The van der Waals surface area contributed by atoms with Crippen LogP contribution in [0.5, 0.6) is 11.5 Å². The van der Waals surface area contributed by atoms with Crippen LogP contribution < -0.4 is 15.2 Å². The largest absolute Gasteiger partial charge is 0.454 e. The summed E-state index contributed by atoms with van der Waals surface area (Å²) in [6, 6.07) is 5.19. The van der Waals surface area contributed by atoms with Gasteiger partial charge in [-0.25, -0.2) is 9.89 Å². The lowest BCUT2D eigenvalue weighted by molar-refractivity contribution is 0.174. The third kappa shape index (κ3) is 1.26. The van der Waals surface area contributed by atoms with Gasteiger partial charge >= 0.3 is 5.76 Å². The highest BCUT2D eigenvalue weighted by Gasteiger charge is 2.15. The number of rotatable bonds is 1. The fraction of sp³-hybridized carbons (Fsp3) is 0.111. The summed E-state index contributed by atoms with van der Waals surface area (Å²) in [7, 11) is 0. The van der Waals surface area contributed by atoms with E-state index in [0.717, 1.165) is 0 Å². The number of hydrogen-bond donors (Lipinski definition) is 1. The molecule has 0 unspecified atom stereocenters. The Kier molecular flexibility index (Phi) is 1.55. The standard InChI is InChI=1S/C9H6N2O4/c12-9-11-10-8(15-9)5-1-2-6-7(3-5)14-4-13-6/h1-3H,4H2,(H,11,12). The maximum atomic E-state index is 10.8. The van der Waals surface area contributed by atoms with Crippen molar-refractivity contribution in [2.75, 3.05) is 6.79 Å². The molecule has 0 atom stereocenters. The Bertz CT molecular complexity index is 557. The molecule has 0 saturated heterocycles. The zero-order chi connectivity index (χ0) is 10.3. The molecule has 0 saturated carbocycles. The zero-order valence-corrected chi connectivity index (χ0v) is 7.52. The molecule has 1 N–H and O–H groups in total. The van der Waals surface area contributed by atoms with Crippen molar-refractivity contribution in [3.63, 3.8) is 0 Å². The molecule has 0 aliphatic carbocycles. The summed E-state index contributed by atoms with van der Waals surface area (Å²) in [6.45, 7) is 0.212. The minimum absolute atomic E-state index is 0.212. The molecule has 3 rings (SSSR count). The van der Waals surface area contributed by atoms with Crippen LogP contribution >= 0.6 is 0 Å². The molecule has 0 radical (unpaired) electrons. The van der Waals surface area contributed by atoms with Crippen LogP contribution in [0.2, 0.25) is 0 Å². The van der Waals surface area contributed by atoms with Crippen LogP contribution in [0.1, 0.15) is 0 Å². The summed E-state index contributed by atoms with van der Waals surface area (Å²) in [5, 5.41) is 5.90. The van der Waals surface area contributed by atoms with E-state index in [0.29, 0.717) is 17.1 Å². The summed E-state index contributed by atoms with van der Waals surface area (Å²) in [5.41, 5.74) is 0.664. The first-order valence-corrected chi connectivity index (χ1v) is 4.28. The molecule has 6 heteroatoms. The van der Waals surface area contributed by atoms with E-state index >= 15 is 0 Å². The molecular weight excluding hydrogens is 200 g/mol. The van der Waals surface area contributed by atoms with E-state index in [1.54, 1.807) is 18.2 Å². The molecule has 1 aromatic heterocycles. The van der Waals surface area contributed by atoms with Gasteiger partial charge in [-0.2, -0.15) is 0 Å². The van der Waals surface area contributed by atoms with Crippen molar-refractivity contribution in [3.8, 4) is 23.0 Å². The van der Waals surface area contributed by atoms with Crippen molar-refractivity contribution >= 4 is 0 Å². The second-order valence-electron chi connectivity index (χ2n) is 2.99. The number of H-pyrrole nitrogens is 1. The third-order valence-corrected chi connectivity index (χ3v) is 2.06. The van der Waals surface area contributed by atoms with E-state index in [-0.39, 0.29) is 12.7 Å². The minimum Gasteiger partial charge on any atom is -0.454 e. The number of fused-ring (bicyclic) bond motifs is 1. The first-order valence-electron chi connectivity index (χ1n) is 4.28. The van der Waals surface area contributed by atoms with E-state index in [1.165, 1.54) is 0 Å². The summed E-state index contributed by atoms with van der Waals surface area (Å²) >= 11 is 0. The van der Waals surface area contributed by atoms with E-state index in [9.17, 15) is 4.79 Å². The lowest BCUT2D eigenvalue weighted by Gasteiger charge is -1.97. The molecule has 2 aromatic rings. The SMILES string of the molecule is O=c1[nH]nc(-c2ccc3c(c2)OCO3)o1. The van der Waals surface area contributed by atoms with Crippen LogP contribution in [0, 0.1) is 0 Å². The van der Waals surface area contributed by atoms with Gasteiger partial charge in [-0.1, -0.05) is 0 Å². The molecule has 0 spiro atoms. The Balaban J connectivity index is 2.10. The number of aromatic nitrogens is 2. The van der Waals surface area contributed by atoms with Gasteiger partial charge in [0, 0.05) is 5.56 Å². The van der Waals surface area contributed by atoms with Crippen molar-refractivity contribution in [1.29, 1.82) is 0 Å². The number of aromatic amines is 1. The molecule has 76 valence electrons. The zero-order valence-electron chi connectivity index (χ0n) is 7.52. The Labute approximate surface area is 83.4 Å². The van der Waals surface area contributed by atoms with Crippen molar-refractivity contribution in [2.45, 2.75) is 0 Å². The van der Waals surface area contributed by atoms with E-state index in [2.05, 4.69) is 10.2 Å². The average Bonchev–Trinajstić information content (AvgIpc) is 2.84. The summed E-state index contributed by atoms with van der Waals surface area (Å²) in [4.78, 5) is 10.8. The predicted octanol–water partition coefficient (Wildman–Crippen LogP) is 0.759. The van der Waals surface area contributed by atoms with Crippen LogP contribution in [0.25, 0.3) is 11.5 Å². The van der Waals surface area contributed by atoms with E-state index < -0.39 is 5.76 Å². The maximum absolute atomic E-state index is 10.8. The summed E-state index contributed by atoms with van der Waals surface area (Å²) in [5.74, 6) is 0.954.